The summed E-state index contributed by atoms with van der Waals surface area (Å²) < 4.78 is 22.2. The first-order valence-electron chi connectivity index (χ1n) is 4.89. The van der Waals surface area contributed by atoms with Crippen LogP contribution in [0.2, 0.25) is 0 Å². The molecule has 0 saturated carbocycles. The first-order valence-corrected chi connectivity index (χ1v) is 6.71. The molecule has 1 aliphatic heterocycles. The van der Waals surface area contributed by atoms with Crippen LogP contribution < -0.4 is 5.32 Å². The molecule has 1 rings (SSSR count). The van der Waals surface area contributed by atoms with Crippen LogP contribution >= 0.6 is 0 Å². The quantitative estimate of drug-likeness (QED) is 0.737. The highest BCUT2D eigenvalue weighted by Gasteiger charge is 2.32. The number of hydrogen-bond donors (Lipinski definition) is 1. The molecule has 0 aliphatic carbocycles. The maximum Gasteiger partial charge on any atom is 0.224 e. The maximum atomic E-state index is 11.5. The van der Waals surface area contributed by atoms with Crippen molar-refractivity contribution in [1.82, 2.24) is 5.32 Å². The third-order valence-electron chi connectivity index (χ3n) is 2.29. The van der Waals surface area contributed by atoms with E-state index in [4.69, 9.17) is 0 Å². The summed E-state index contributed by atoms with van der Waals surface area (Å²) in [6.45, 7) is 4.63. The highest BCUT2D eigenvalue weighted by Crippen LogP contribution is 2.18. The topological polar surface area (TPSA) is 63.2 Å². The van der Waals surface area contributed by atoms with Crippen molar-refractivity contribution < 1.29 is 13.2 Å². The van der Waals surface area contributed by atoms with Crippen LogP contribution in [0.3, 0.4) is 0 Å². The molecule has 1 fully saturated rings. The van der Waals surface area contributed by atoms with Gasteiger partial charge in [0, 0.05) is 6.54 Å². The zero-order valence-electron chi connectivity index (χ0n) is 8.62. The van der Waals surface area contributed by atoms with E-state index in [1.165, 1.54) is 0 Å². The predicted octanol–water partition coefficient (Wildman–Crippen LogP) is 0.193. The maximum absolute atomic E-state index is 11.5. The van der Waals surface area contributed by atoms with Crippen molar-refractivity contribution in [1.29, 1.82) is 0 Å². The summed E-state index contributed by atoms with van der Waals surface area (Å²) in [5.41, 5.74) is 0. The van der Waals surface area contributed by atoms with Crippen molar-refractivity contribution in [3.63, 3.8) is 0 Å². The minimum absolute atomic E-state index is 0.0247. The van der Waals surface area contributed by atoms with Crippen molar-refractivity contribution in [2.45, 2.75) is 20.3 Å². The van der Waals surface area contributed by atoms with Gasteiger partial charge in [0.05, 0.1) is 17.4 Å². The molecular formula is C9H17NO3S. The number of carbonyl (C=O) groups is 1. The Labute approximate surface area is 85.0 Å². The van der Waals surface area contributed by atoms with E-state index in [0.29, 0.717) is 18.9 Å². The molecular weight excluding hydrogens is 202 g/mol. The van der Waals surface area contributed by atoms with Crippen LogP contribution in [-0.2, 0) is 14.6 Å². The van der Waals surface area contributed by atoms with Crippen molar-refractivity contribution >= 4 is 15.7 Å². The second kappa shape index (κ2) is 4.29. The Hall–Kier alpha value is -0.580. The second-order valence-electron chi connectivity index (χ2n) is 4.24. The number of sulfone groups is 1. The second-order valence-corrected chi connectivity index (χ2v) is 6.47. The van der Waals surface area contributed by atoms with Crippen LogP contribution in [0.25, 0.3) is 0 Å². The molecule has 0 radical (unpaired) electrons. The third-order valence-corrected chi connectivity index (χ3v) is 4.06. The van der Waals surface area contributed by atoms with Crippen LogP contribution in [0.4, 0.5) is 0 Å². The van der Waals surface area contributed by atoms with Crippen LogP contribution in [0, 0.1) is 11.8 Å². The molecule has 4 nitrogen and oxygen atoms in total. The zero-order valence-corrected chi connectivity index (χ0v) is 9.43. The van der Waals surface area contributed by atoms with Crippen molar-refractivity contribution in [3.8, 4) is 0 Å². The molecule has 0 bridgehead atoms. The lowest BCUT2D eigenvalue weighted by Crippen LogP contribution is -2.33. The van der Waals surface area contributed by atoms with Gasteiger partial charge in [-0.25, -0.2) is 8.42 Å². The molecule has 0 spiro atoms. The van der Waals surface area contributed by atoms with Gasteiger partial charge in [-0.3, -0.25) is 4.79 Å². The van der Waals surface area contributed by atoms with Crippen LogP contribution in [0.1, 0.15) is 20.3 Å². The van der Waals surface area contributed by atoms with Gasteiger partial charge in [-0.15, -0.1) is 0 Å². The molecule has 0 aromatic carbocycles. The molecule has 82 valence electrons. The molecule has 1 aliphatic rings. The number of amides is 1. The van der Waals surface area contributed by atoms with E-state index < -0.39 is 9.84 Å². The monoisotopic (exact) mass is 219 g/mol. The Balaban J connectivity index is 2.40. The lowest BCUT2D eigenvalue weighted by molar-refractivity contribution is -0.124. The fraction of sp³-hybridized carbons (Fsp3) is 0.889. The predicted molar refractivity (Wildman–Crippen MR) is 54.6 cm³/mol. The normalized spacial score (nSPS) is 25.2. The van der Waals surface area contributed by atoms with E-state index in [1.807, 2.05) is 13.8 Å². The van der Waals surface area contributed by atoms with Crippen LogP contribution in [0.15, 0.2) is 0 Å². The summed E-state index contributed by atoms with van der Waals surface area (Å²) in [4.78, 5) is 11.5. The number of carbonyl (C=O) groups excluding carboxylic acids is 1. The minimum Gasteiger partial charge on any atom is -0.356 e. The summed E-state index contributed by atoms with van der Waals surface area (Å²) in [5, 5.41) is 2.76. The summed E-state index contributed by atoms with van der Waals surface area (Å²) in [5.74, 6) is 0.152. The third kappa shape index (κ3) is 3.29. The van der Waals surface area contributed by atoms with Gasteiger partial charge in [0.1, 0.15) is 0 Å². The van der Waals surface area contributed by atoms with Gasteiger partial charge in [-0.05, 0) is 12.3 Å². The summed E-state index contributed by atoms with van der Waals surface area (Å²) in [7, 11) is -2.94. The molecule has 0 aromatic heterocycles. The molecule has 1 saturated heterocycles. The Morgan fingerprint density at radius 2 is 2.14 bits per heavy atom. The van der Waals surface area contributed by atoms with Gasteiger partial charge in [-0.1, -0.05) is 13.8 Å². The molecule has 1 amide bonds. The fourth-order valence-corrected chi connectivity index (χ4v) is 3.19. The largest absolute Gasteiger partial charge is 0.356 e. The lowest BCUT2D eigenvalue weighted by Gasteiger charge is -2.10. The fourth-order valence-electron chi connectivity index (χ4n) is 1.45. The van der Waals surface area contributed by atoms with Crippen molar-refractivity contribution in [3.05, 3.63) is 0 Å². The van der Waals surface area contributed by atoms with Crippen molar-refractivity contribution in [2.75, 3.05) is 18.1 Å². The average Bonchev–Trinajstić information content (AvgIpc) is 2.41. The highest BCUT2D eigenvalue weighted by atomic mass is 32.2. The molecule has 0 aromatic rings. The molecule has 5 heteroatoms. The van der Waals surface area contributed by atoms with Gasteiger partial charge in [0.25, 0.3) is 0 Å². The smallest absolute Gasteiger partial charge is 0.224 e. The van der Waals surface area contributed by atoms with Crippen LogP contribution in [-0.4, -0.2) is 32.4 Å². The van der Waals surface area contributed by atoms with E-state index in [2.05, 4.69) is 5.32 Å². The van der Waals surface area contributed by atoms with Crippen LogP contribution in [0.5, 0.6) is 0 Å². The molecule has 1 N–H and O–H groups in total. The Morgan fingerprint density at radius 3 is 2.57 bits per heavy atom. The summed E-state index contributed by atoms with van der Waals surface area (Å²) >= 11 is 0. The average molecular weight is 219 g/mol. The van der Waals surface area contributed by atoms with Crippen molar-refractivity contribution in [2.24, 2.45) is 11.8 Å². The Bertz CT molecular complexity index is 308. The lowest BCUT2D eigenvalue weighted by atomic mass is 10.1. The summed E-state index contributed by atoms with van der Waals surface area (Å²) in [6.07, 6.45) is 0.478. The van der Waals surface area contributed by atoms with E-state index in [-0.39, 0.29) is 23.3 Å². The van der Waals surface area contributed by atoms with Gasteiger partial charge in [0.2, 0.25) is 5.91 Å². The molecule has 1 heterocycles. The molecule has 14 heavy (non-hydrogen) atoms. The molecule has 1 unspecified atom stereocenters. The number of hydrogen-bond acceptors (Lipinski definition) is 3. The van der Waals surface area contributed by atoms with E-state index >= 15 is 0 Å². The number of rotatable bonds is 3. The molecule has 1 atom stereocenters. The zero-order chi connectivity index (χ0) is 10.8. The van der Waals surface area contributed by atoms with E-state index in [1.54, 1.807) is 0 Å². The number of nitrogens with one attached hydrogen (secondary N) is 1. The Morgan fingerprint density at radius 1 is 1.50 bits per heavy atom. The minimum atomic E-state index is -2.94. The SMILES string of the molecule is CC(C)CNC(=O)C1CCS(=O)(=O)C1. The first-order chi connectivity index (χ1) is 6.41. The summed E-state index contributed by atoms with van der Waals surface area (Å²) in [6, 6.07) is 0. The standard InChI is InChI=1S/C9H17NO3S/c1-7(2)5-10-9(11)8-3-4-14(12,13)6-8/h7-8H,3-6H2,1-2H3,(H,10,11). The van der Waals surface area contributed by atoms with Gasteiger partial charge >= 0.3 is 0 Å². The van der Waals surface area contributed by atoms with Gasteiger partial charge in [0.15, 0.2) is 9.84 Å². The van der Waals surface area contributed by atoms with E-state index in [9.17, 15) is 13.2 Å². The highest BCUT2D eigenvalue weighted by molar-refractivity contribution is 7.91. The first kappa shape index (κ1) is 11.5. The van der Waals surface area contributed by atoms with E-state index in [0.717, 1.165) is 0 Å². The van der Waals surface area contributed by atoms with Gasteiger partial charge < -0.3 is 5.32 Å². The van der Waals surface area contributed by atoms with Gasteiger partial charge in [-0.2, -0.15) is 0 Å². The Kier molecular flexibility index (Phi) is 3.53.